The van der Waals surface area contributed by atoms with E-state index in [1.165, 1.54) is 0 Å². The molecule has 0 aliphatic heterocycles. The molecule has 0 saturated carbocycles. The molecule has 1 heterocycles. The zero-order chi connectivity index (χ0) is 5.98. The van der Waals surface area contributed by atoms with E-state index in [1.54, 1.807) is 0 Å². The van der Waals surface area contributed by atoms with Crippen LogP contribution >= 0.6 is 0 Å². The molecule has 0 atom stereocenters. The van der Waals surface area contributed by atoms with Crippen LogP contribution in [0.2, 0.25) is 0 Å². The fourth-order valence-electron chi connectivity index (χ4n) is 0.286. The van der Waals surface area contributed by atoms with Gasteiger partial charge in [-0.2, -0.15) is 0 Å². The number of rotatable bonds is 1. The van der Waals surface area contributed by atoms with Crippen molar-refractivity contribution in [2.45, 2.75) is 0 Å². The fraction of sp³-hybridized carbons (Fsp3) is 0. The molecule has 0 unspecified atom stereocenters. The van der Waals surface area contributed by atoms with E-state index in [9.17, 15) is 4.79 Å². The molecule has 0 amide bonds. The second-order valence-electron chi connectivity index (χ2n) is 1.14. The lowest BCUT2D eigenvalue weighted by molar-refractivity contribution is 0.109. The molecule has 1 aromatic heterocycles. The van der Waals surface area contributed by atoms with Crippen LogP contribution in [0, 0.1) is 0 Å². The van der Waals surface area contributed by atoms with Gasteiger partial charge in [-0.1, -0.05) is 5.10 Å². The second kappa shape index (κ2) is 1.61. The average Bonchev–Trinajstić information content (AvgIpc) is 2.14. The van der Waals surface area contributed by atoms with Gasteiger partial charge < -0.3 is 10.3 Å². The summed E-state index contributed by atoms with van der Waals surface area (Å²) in [5, 5.41) is 6.23. The first kappa shape index (κ1) is 4.76. The molecule has 5 nitrogen and oxygen atoms in total. The highest BCUT2D eigenvalue weighted by molar-refractivity contribution is 5.76. The molecule has 0 aliphatic carbocycles. The maximum Gasteiger partial charge on any atom is 0.243 e. The highest BCUT2D eigenvalue weighted by atomic mass is 16.5. The second-order valence-corrected chi connectivity index (χ2v) is 1.14. The maximum absolute atomic E-state index is 9.83. The zero-order valence-electron chi connectivity index (χ0n) is 3.87. The van der Waals surface area contributed by atoms with Crippen molar-refractivity contribution in [3.05, 3.63) is 5.76 Å². The number of nitrogen functional groups attached to an aromatic ring is 1. The Bertz CT molecular complexity index is 194. The van der Waals surface area contributed by atoms with Gasteiger partial charge in [0.2, 0.25) is 5.76 Å². The maximum atomic E-state index is 9.83. The van der Waals surface area contributed by atoms with Crippen molar-refractivity contribution in [3.8, 4) is 0 Å². The van der Waals surface area contributed by atoms with Crippen molar-refractivity contribution in [1.29, 1.82) is 0 Å². The lowest BCUT2D eigenvalue weighted by atomic mass is 10.5. The minimum absolute atomic E-state index is 0.0231. The van der Waals surface area contributed by atoms with Gasteiger partial charge in [-0.15, -0.1) is 0 Å². The van der Waals surface area contributed by atoms with Gasteiger partial charge in [0.25, 0.3) is 0 Å². The fourth-order valence-corrected chi connectivity index (χ4v) is 0.286. The van der Waals surface area contributed by atoms with Crippen LogP contribution < -0.4 is 5.73 Å². The van der Waals surface area contributed by atoms with Crippen LogP contribution in [0.5, 0.6) is 0 Å². The standard InChI is InChI=1S/C3H3N3O2/c4-3-2(1-7)8-6-5-3/h1H,4H2. The van der Waals surface area contributed by atoms with Gasteiger partial charge in [0.1, 0.15) is 0 Å². The third-order valence-corrected chi connectivity index (χ3v) is 0.647. The predicted molar refractivity (Wildman–Crippen MR) is 24.1 cm³/mol. The number of aldehydes is 1. The molecule has 0 aromatic carbocycles. The van der Waals surface area contributed by atoms with E-state index < -0.39 is 0 Å². The minimum atomic E-state index is -0.0231. The van der Waals surface area contributed by atoms with E-state index in [2.05, 4.69) is 14.9 Å². The zero-order valence-corrected chi connectivity index (χ0v) is 3.87. The third kappa shape index (κ3) is 0.534. The first-order chi connectivity index (χ1) is 3.84. The molecule has 1 aromatic rings. The smallest absolute Gasteiger partial charge is 0.243 e. The van der Waals surface area contributed by atoms with Crippen molar-refractivity contribution >= 4 is 12.1 Å². The summed E-state index contributed by atoms with van der Waals surface area (Å²) in [5.41, 5.74) is 5.05. The highest BCUT2D eigenvalue weighted by Crippen LogP contribution is 1.99. The van der Waals surface area contributed by atoms with Gasteiger partial charge >= 0.3 is 0 Å². The Hall–Kier alpha value is -1.39. The molecule has 5 heteroatoms. The summed E-state index contributed by atoms with van der Waals surface area (Å²) in [7, 11) is 0. The largest absolute Gasteiger partial charge is 0.379 e. The molecule has 2 N–H and O–H groups in total. The van der Waals surface area contributed by atoms with E-state index in [0.29, 0.717) is 6.29 Å². The van der Waals surface area contributed by atoms with Crippen molar-refractivity contribution in [3.63, 3.8) is 0 Å². The van der Waals surface area contributed by atoms with Crippen LogP contribution in [-0.2, 0) is 0 Å². The van der Waals surface area contributed by atoms with Crippen LogP contribution in [-0.4, -0.2) is 16.7 Å². The van der Waals surface area contributed by atoms with Crippen LogP contribution in [0.4, 0.5) is 5.82 Å². The Kier molecular flexibility index (Phi) is 0.957. The molecular weight excluding hydrogens is 110 g/mol. The quantitative estimate of drug-likeness (QED) is 0.495. The van der Waals surface area contributed by atoms with E-state index in [4.69, 9.17) is 5.73 Å². The van der Waals surface area contributed by atoms with E-state index >= 15 is 0 Å². The number of nitrogens with zero attached hydrogens (tertiary/aromatic N) is 2. The van der Waals surface area contributed by atoms with Crippen molar-refractivity contribution in [1.82, 2.24) is 10.4 Å². The predicted octanol–water partition coefficient (Wildman–Crippen LogP) is -0.536. The Morgan fingerprint density at radius 2 is 2.50 bits per heavy atom. The van der Waals surface area contributed by atoms with E-state index in [-0.39, 0.29) is 11.6 Å². The van der Waals surface area contributed by atoms with E-state index in [0.717, 1.165) is 0 Å². The topological polar surface area (TPSA) is 82.0 Å². The SMILES string of the molecule is Nc1nnoc1C=O. The van der Waals surface area contributed by atoms with Crippen LogP contribution in [0.15, 0.2) is 4.52 Å². The van der Waals surface area contributed by atoms with Crippen molar-refractivity contribution < 1.29 is 9.32 Å². The Labute approximate surface area is 44.5 Å². The number of nitrogens with two attached hydrogens (primary N) is 1. The molecule has 0 aliphatic rings. The number of hydrogen-bond acceptors (Lipinski definition) is 5. The summed E-state index contributed by atoms with van der Waals surface area (Å²) in [5.74, 6) is 0.00463. The third-order valence-electron chi connectivity index (χ3n) is 0.647. The Morgan fingerprint density at radius 3 is 2.75 bits per heavy atom. The normalized spacial score (nSPS) is 9.00. The summed E-state index contributed by atoms with van der Waals surface area (Å²) in [6.07, 6.45) is 0.454. The minimum Gasteiger partial charge on any atom is -0.379 e. The molecular formula is C3H3N3O2. The molecule has 0 radical (unpaired) electrons. The summed E-state index contributed by atoms with van der Waals surface area (Å²) < 4.78 is 4.26. The summed E-state index contributed by atoms with van der Waals surface area (Å²) >= 11 is 0. The molecule has 0 fully saturated rings. The number of anilines is 1. The number of aromatic nitrogens is 2. The summed E-state index contributed by atoms with van der Waals surface area (Å²) in [6.45, 7) is 0. The number of hydrogen-bond donors (Lipinski definition) is 1. The van der Waals surface area contributed by atoms with Gasteiger partial charge in [0, 0.05) is 5.27 Å². The van der Waals surface area contributed by atoms with Gasteiger partial charge in [-0.3, -0.25) is 4.79 Å². The lowest BCUT2D eigenvalue weighted by Gasteiger charge is -1.73. The van der Waals surface area contributed by atoms with Crippen LogP contribution in [0.3, 0.4) is 0 Å². The lowest BCUT2D eigenvalue weighted by Crippen LogP contribution is -1.88. The van der Waals surface area contributed by atoms with Gasteiger partial charge in [0.05, 0.1) is 0 Å². The van der Waals surface area contributed by atoms with Gasteiger partial charge in [0.15, 0.2) is 12.1 Å². The molecule has 42 valence electrons. The summed E-state index contributed by atoms with van der Waals surface area (Å²) in [4.78, 5) is 9.83. The summed E-state index contributed by atoms with van der Waals surface area (Å²) in [6, 6.07) is 0. The molecule has 0 spiro atoms. The van der Waals surface area contributed by atoms with E-state index in [1.807, 2.05) is 0 Å². The Morgan fingerprint density at radius 1 is 1.75 bits per heavy atom. The van der Waals surface area contributed by atoms with Crippen LogP contribution in [0.25, 0.3) is 0 Å². The van der Waals surface area contributed by atoms with Crippen molar-refractivity contribution in [2.24, 2.45) is 0 Å². The molecule has 0 bridgehead atoms. The van der Waals surface area contributed by atoms with Gasteiger partial charge in [-0.05, 0) is 0 Å². The van der Waals surface area contributed by atoms with Gasteiger partial charge in [-0.25, -0.2) is 0 Å². The number of carbonyl (C=O) groups excluding carboxylic acids is 1. The van der Waals surface area contributed by atoms with Crippen LogP contribution in [0.1, 0.15) is 10.6 Å². The first-order valence-corrected chi connectivity index (χ1v) is 1.87. The molecule has 0 saturated heterocycles. The first-order valence-electron chi connectivity index (χ1n) is 1.87. The number of carbonyl (C=O) groups is 1. The highest BCUT2D eigenvalue weighted by Gasteiger charge is 2.01. The molecule has 1 rings (SSSR count). The van der Waals surface area contributed by atoms with Crippen molar-refractivity contribution in [2.75, 3.05) is 5.73 Å². The average molecular weight is 113 g/mol. The molecule has 8 heavy (non-hydrogen) atoms. The Balaban J connectivity index is 3.09. The monoisotopic (exact) mass is 113 g/mol.